The van der Waals surface area contributed by atoms with Gasteiger partial charge in [0.1, 0.15) is 22.8 Å². The van der Waals surface area contributed by atoms with Crippen LogP contribution >= 0.6 is 0 Å². The van der Waals surface area contributed by atoms with E-state index < -0.39 is 11.9 Å². The molecule has 0 heterocycles. The molecule has 5 heteroatoms. The van der Waals surface area contributed by atoms with Crippen molar-refractivity contribution in [3.63, 3.8) is 0 Å². The average molecular weight is 288 g/mol. The predicted molar refractivity (Wildman–Crippen MR) is 76.7 cm³/mol. The van der Waals surface area contributed by atoms with Gasteiger partial charge >= 0.3 is 0 Å². The summed E-state index contributed by atoms with van der Waals surface area (Å²) in [6, 6.07) is 11.1. The maximum Gasteiger partial charge on any atom is 0.173 e. The third kappa shape index (κ3) is 3.32. The lowest BCUT2D eigenvalue weighted by Gasteiger charge is -2.13. The topological polar surface area (TPSA) is 87.0 Å². The Morgan fingerprint density at radius 1 is 1.19 bits per heavy atom. The summed E-state index contributed by atoms with van der Waals surface area (Å²) in [5, 5.41) is 29.3. The van der Waals surface area contributed by atoms with Crippen molar-refractivity contribution >= 4 is 5.78 Å². The summed E-state index contributed by atoms with van der Waals surface area (Å²) in [6.07, 6.45) is -1.17. The molecule has 0 spiro atoms. The van der Waals surface area contributed by atoms with Gasteiger partial charge < -0.3 is 20.1 Å². The Labute approximate surface area is 122 Å². The molecule has 1 unspecified atom stereocenters. The van der Waals surface area contributed by atoms with E-state index in [4.69, 9.17) is 4.74 Å². The molecule has 0 radical (unpaired) electrons. The minimum atomic E-state index is -0.975. The van der Waals surface area contributed by atoms with Crippen LogP contribution in [0.1, 0.15) is 28.4 Å². The molecule has 0 aliphatic carbocycles. The van der Waals surface area contributed by atoms with Gasteiger partial charge in [-0.25, -0.2) is 0 Å². The summed E-state index contributed by atoms with van der Waals surface area (Å²) >= 11 is 0. The van der Waals surface area contributed by atoms with Crippen molar-refractivity contribution in [2.45, 2.75) is 12.5 Å². The Bertz CT molecular complexity index is 637. The Morgan fingerprint density at radius 3 is 2.48 bits per heavy atom. The van der Waals surface area contributed by atoms with Gasteiger partial charge in [0, 0.05) is 18.6 Å². The summed E-state index contributed by atoms with van der Waals surface area (Å²) in [4.78, 5) is 12.3. The minimum absolute atomic E-state index is 0.0507. The van der Waals surface area contributed by atoms with E-state index in [1.54, 1.807) is 24.3 Å². The van der Waals surface area contributed by atoms with Gasteiger partial charge in [0.2, 0.25) is 0 Å². The Morgan fingerprint density at radius 2 is 1.86 bits per heavy atom. The number of ether oxygens (including phenoxy) is 1. The highest BCUT2D eigenvalue weighted by Gasteiger charge is 2.22. The van der Waals surface area contributed by atoms with Gasteiger partial charge in [-0.15, -0.1) is 0 Å². The number of phenols is 2. The molecule has 0 saturated heterocycles. The van der Waals surface area contributed by atoms with E-state index in [9.17, 15) is 20.1 Å². The van der Waals surface area contributed by atoms with Crippen LogP contribution in [0, 0.1) is 0 Å². The maximum atomic E-state index is 12.3. The van der Waals surface area contributed by atoms with Crippen LogP contribution in [0.15, 0.2) is 42.5 Å². The van der Waals surface area contributed by atoms with E-state index in [0.717, 1.165) is 6.07 Å². The zero-order valence-electron chi connectivity index (χ0n) is 11.5. The van der Waals surface area contributed by atoms with Gasteiger partial charge in [0.25, 0.3) is 0 Å². The average Bonchev–Trinajstić information content (AvgIpc) is 2.46. The number of methoxy groups -OCH3 is 1. The molecule has 110 valence electrons. The van der Waals surface area contributed by atoms with Crippen LogP contribution in [0.5, 0.6) is 17.2 Å². The van der Waals surface area contributed by atoms with Crippen LogP contribution in [0.3, 0.4) is 0 Å². The SMILES string of the molecule is COc1cc(O)cc(O)c1C(=O)CC(O)c1ccccc1. The molecule has 0 aliphatic rings. The smallest absolute Gasteiger partial charge is 0.173 e. The second kappa shape index (κ2) is 6.28. The quantitative estimate of drug-likeness (QED) is 0.735. The van der Waals surface area contributed by atoms with Crippen LogP contribution in [0.4, 0.5) is 0 Å². The molecule has 0 amide bonds. The van der Waals surface area contributed by atoms with Crippen molar-refractivity contribution in [1.29, 1.82) is 0 Å². The first-order valence-corrected chi connectivity index (χ1v) is 6.39. The number of aromatic hydroxyl groups is 2. The second-order valence-electron chi connectivity index (χ2n) is 4.60. The maximum absolute atomic E-state index is 12.3. The van der Waals surface area contributed by atoms with Crippen molar-refractivity contribution in [1.82, 2.24) is 0 Å². The third-order valence-corrected chi connectivity index (χ3v) is 3.13. The molecule has 0 bridgehead atoms. The number of aliphatic hydroxyl groups is 1. The number of benzene rings is 2. The van der Waals surface area contributed by atoms with Crippen LogP contribution in [0.2, 0.25) is 0 Å². The number of Topliss-reactive ketones (excluding diaryl/α,β-unsaturated/α-hetero) is 1. The molecule has 21 heavy (non-hydrogen) atoms. The molecule has 2 rings (SSSR count). The Hall–Kier alpha value is -2.53. The van der Waals surface area contributed by atoms with Gasteiger partial charge in [-0.1, -0.05) is 30.3 Å². The highest BCUT2D eigenvalue weighted by molar-refractivity contribution is 6.01. The number of hydrogen-bond donors (Lipinski definition) is 3. The number of carbonyl (C=O) groups excluding carboxylic acids is 1. The number of carbonyl (C=O) groups is 1. The lowest BCUT2D eigenvalue weighted by molar-refractivity contribution is 0.0874. The Balaban J connectivity index is 2.25. The predicted octanol–water partition coefficient (Wildman–Crippen LogP) is 2.41. The number of rotatable bonds is 5. The number of ketones is 1. The highest BCUT2D eigenvalue weighted by Crippen LogP contribution is 2.34. The third-order valence-electron chi connectivity index (χ3n) is 3.13. The standard InChI is InChI=1S/C16H16O5/c1-21-15-8-11(17)7-13(19)16(15)14(20)9-12(18)10-5-3-2-4-6-10/h2-8,12,17-19H,9H2,1H3. The van der Waals surface area contributed by atoms with Crippen LogP contribution in [-0.2, 0) is 0 Å². The molecular formula is C16H16O5. The number of aliphatic hydroxyl groups excluding tert-OH is 1. The molecule has 1 atom stereocenters. The van der Waals surface area contributed by atoms with Crippen molar-refractivity contribution in [2.75, 3.05) is 7.11 Å². The van der Waals surface area contributed by atoms with Crippen molar-refractivity contribution < 1.29 is 24.9 Å². The first-order chi connectivity index (χ1) is 10.0. The largest absolute Gasteiger partial charge is 0.508 e. The summed E-state index contributed by atoms with van der Waals surface area (Å²) in [5.41, 5.74) is 0.563. The zero-order valence-corrected chi connectivity index (χ0v) is 11.5. The fourth-order valence-electron chi connectivity index (χ4n) is 2.10. The van der Waals surface area contributed by atoms with Gasteiger partial charge in [-0.3, -0.25) is 4.79 Å². The van der Waals surface area contributed by atoms with Crippen LogP contribution < -0.4 is 4.74 Å². The molecular weight excluding hydrogens is 272 g/mol. The van der Waals surface area contributed by atoms with E-state index in [1.807, 2.05) is 6.07 Å². The minimum Gasteiger partial charge on any atom is -0.508 e. The van der Waals surface area contributed by atoms with E-state index in [2.05, 4.69) is 0 Å². The first kappa shape index (κ1) is 14.9. The summed E-state index contributed by atoms with van der Waals surface area (Å²) < 4.78 is 4.99. The molecule has 0 fully saturated rings. The number of phenolic OH excluding ortho intramolecular Hbond substituents is 2. The molecule has 2 aromatic carbocycles. The molecule has 3 N–H and O–H groups in total. The molecule has 0 saturated carbocycles. The van der Waals surface area contributed by atoms with E-state index in [0.29, 0.717) is 5.56 Å². The normalized spacial score (nSPS) is 11.9. The van der Waals surface area contributed by atoms with Crippen LogP contribution in [0.25, 0.3) is 0 Å². The lowest BCUT2D eigenvalue weighted by Crippen LogP contribution is -2.09. The van der Waals surface area contributed by atoms with Gasteiger partial charge in [-0.2, -0.15) is 0 Å². The summed E-state index contributed by atoms with van der Waals surface area (Å²) in [7, 11) is 1.33. The zero-order chi connectivity index (χ0) is 15.4. The van der Waals surface area contributed by atoms with Gasteiger partial charge in [-0.05, 0) is 5.56 Å². The van der Waals surface area contributed by atoms with Crippen molar-refractivity contribution in [3.05, 3.63) is 53.6 Å². The monoisotopic (exact) mass is 288 g/mol. The van der Waals surface area contributed by atoms with Gasteiger partial charge in [0.15, 0.2) is 5.78 Å². The molecule has 0 aromatic heterocycles. The Kier molecular flexibility index (Phi) is 4.45. The summed E-state index contributed by atoms with van der Waals surface area (Å²) in [5.74, 6) is -0.986. The van der Waals surface area contributed by atoms with Crippen molar-refractivity contribution in [2.24, 2.45) is 0 Å². The number of hydrogen-bond acceptors (Lipinski definition) is 5. The molecule has 5 nitrogen and oxygen atoms in total. The van der Waals surface area contributed by atoms with Crippen LogP contribution in [-0.4, -0.2) is 28.2 Å². The molecule has 0 aliphatic heterocycles. The van der Waals surface area contributed by atoms with Crippen molar-refractivity contribution in [3.8, 4) is 17.2 Å². The van der Waals surface area contributed by atoms with Gasteiger partial charge in [0.05, 0.1) is 13.2 Å². The fourth-order valence-corrected chi connectivity index (χ4v) is 2.10. The lowest BCUT2D eigenvalue weighted by atomic mass is 9.99. The van der Waals surface area contributed by atoms with E-state index >= 15 is 0 Å². The van der Waals surface area contributed by atoms with E-state index in [1.165, 1.54) is 13.2 Å². The van der Waals surface area contributed by atoms with E-state index in [-0.39, 0.29) is 29.2 Å². The first-order valence-electron chi connectivity index (χ1n) is 6.39. The highest BCUT2D eigenvalue weighted by atomic mass is 16.5. The summed E-state index contributed by atoms with van der Waals surface area (Å²) in [6.45, 7) is 0. The second-order valence-corrected chi connectivity index (χ2v) is 4.60. The molecule has 2 aromatic rings. The fraction of sp³-hybridized carbons (Fsp3) is 0.188.